The summed E-state index contributed by atoms with van der Waals surface area (Å²) in [5.74, 6) is -2.81. The third-order valence-corrected chi connectivity index (χ3v) is 2.94. The molecule has 2 N–H and O–H groups in total. The maximum Gasteiger partial charge on any atom is 0.417 e. The number of hydrogen-bond donors (Lipinski definition) is 2. The molecule has 0 aliphatic rings. The lowest BCUT2D eigenvalue weighted by Gasteiger charge is -2.09. The Morgan fingerprint density at radius 1 is 0.960 bits per heavy atom. The van der Waals surface area contributed by atoms with Crippen molar-refractivity contribution in [2.24, 2.45) is 5.10 Å². The van der Waals surface area contributed by atoms with Crippen LogP contribution in [0.15, 0.2) is 53.6 Å². The number of rotatable bonds is 3. The first-order chi connectivity index (χ1) is 11.8. The second kappa shape index (κ2) is 7.56. The molecule has 9 heteroatoms. The largest absolute Gasteiger partial charge is 0.417 e. The van der Waals surface area contributed by atoms with Crippen molar-refractivity contribution in [3.63, 3.8) is 0 Å². The van der Waals surface area contributed by atoms with Crippen LogP contribution in [-0.2, 0) is 15.8 Å². The molecular formula is C16H11F4N3O2. The monoisotopic (exact) mass is 353 g/mol. The van der Waals surface area contributed by atoms with Crippen molar-refractivity contribution in [2.75, 3.05) is 5.32 Å². The van der Waals surface area contributed by atoms with Crippen LogP contribution in [0.1, 0.15) is 11.1 Å². The number of amides is 2. The van der Waals surface area contributed by atoms with Crippen LogP contribution in [0.5, 0.6) is 0 Å². The van der Waals surface area contributed by atoms with Gasteiger partial charge in [0.05, 0.1) is 11.8 Å². The minimum absolute atomic E-state index is 0.174. The smallest absolute Gasteiger partial charge is 0.318 e. The summed E-state index contributed by atoms with van der Waals surface area (Å²) in [5.41, 5.74) is 0.796. The van der Waals surface area contributed by atoms with Crippen LogP contribution < -0.4 is 10.7 Å². The number of alkyl halides is 3. The molecule has 2 aromatic rings. The zero-order valence-electron chi connectivity index (χ0n) is 12.5. The molecule has 0 bridgehead atoms. The Bertz CT molecular complexity index is 802. The summed E-state index contributed by atoms with van der Waals surface area (Å²) < 4.78 is 51.1. The van der Waals surface area contributed by atoms with Crippen molar-refractivity contribution >= 4 is 23.7 Å². The molecule has 130 valence electrons. The van der Waals surface area contributed by atoms with Gasteiger partial charge < -0.3 is 5.32 Å². The van der Waals surface area contributed by atoms with E-state index in [-0.39, 0.29) is 11.3 Å². The predicted octanol–water partition coefficient (Wildman–Crippen LogP) is 2.93. The normalized spacial score (nSPS) is 11.4. The SMILES string of the molecule is O=C(NN=Cc1ccccc1C(F)(F)F)C(=O)Nc1ccc(F)cc1. The van der Waals surface area contributed by atoms with Gasteiger partial charge in [-0.2, -0.15) is 18.3 Å². The Balaban J connectivity index is 1.99. The highest BCUT2D eigenvalue weighted by Crippen LogP contribution is 2.30. The van der Waals surface area contributed by atoms with Gasteiger partial charge in [0.2, 0.25) is 0 Å². The number of carbonyl (C=O) groups is 2. The van der Waals surface area contributed by atoms with E-state index in [1.54, 1.807) is 0 Å². The zero-order chi connectivity index (χ0) is 18.4. The van der Waals surface area contributed by atoms with E-state index in [9.17, 15) is 27.2 Å². The maximum absolute atomic E-state index is 12.8. The molecule has 0 radical (unpaired) electrons. The van der Waals surface area contributed by atoms with Crippen molar-refractivity contribution in [2.45, 2.75) is 6.18 Å². The van der Waals surface area contributed by atoms with Crippen LogP contribution >= 0.6 is 0 Å². The fraction of sp³-hybridized carbons (Fsp3) is 0.0625. The average molecular weight is 353 g/mol. The molecule has 0 aliphatic heterocycles. The molecule has 0 saturated heterocycles. The first-order valence-corrected chi connectivity index (χ1v) is 6.83. The molecule has 2 aromatic carbocycles. The van der Waals surface area contributed by atoms with Gasteiger partial charge in [0.25, 0.3) is 0 Å². The Hall–Kier alpha value is -3.23. The van der Waals surface area contributed by atoms with Gasteiger partial charge in [0.15, 0.2) is 0 Å². The van der Waals surface area contributed by atoms with E-state index in [0.29, 0.717) is 0 Å². The van der Waals surface area contributed by atoms with Gasteiger partial charge in [0, 0.05) is 11.3 Å². The van der Waals surface area contributed by atoms with Crippen LogP contribution in [0.3, 0.4) is 0 Å². The lowest BCUT2D eigenvalue weighted by Crippen LogP contribution is -2.32. The number of nitrogens with zero attached hydrogens (tertiary/aromatic N) is 1. The van der Waals surface area contributed by atoms with Crippen molar-refractivity contribution in [1.82, 2.24) is 5.43 Å². The number of halogens is 4. The first kappa shape index (κ1) is 18.1. The van der Waals surface area contributed by atoms with E-state index in [4.69, 9.17) is 0 Å². The topological polar surface area (TPSA) is 70.6 Å². The minimum atomic E-state index is -4.58. The summed E-state index contributed by atoms with van der Waals surface area (Å²) in [5, 5.41) is 5.53. The third-order valence-electron chi connectivity index (χ3n) is 2.94. The molecule has 2 amide bonds. The van der Waals surface area contributed by atoms with Gasteiger partial charge in [-0.3, -0.25) is 9.59 Å². The number of anilines is 1. The highest BCUT2D eigenvalue weighted by atomic mass is 19.4. The number of benzene rings is 2. The summed E-state index contributed by atoms with van der Waals surface area (Å²) in [4.78, 5) is 23.1. The summed E-state index contributed by atoms with van der Waals surface area (Å²) in [6.07, 6.45) is -3.79. The maximum atomic E-state index is 12.8. The lowest BCUT2D eigenvalue weighted by molar-refractivity contribution is -0.137. The first-order valence-electron chi connectivity index (χ1n) is 6.83. The van der Waals surface area contributed by atoms with Crippen molar-refractivity contribution in [1.29, 1.82) is 0 Å². The average Bonchev–Trinajstić information content (AvgIpc) is 2.56. The summed E-state index contributed by atoms with van der Waals surface area (Å²) >= 11 is 0. The van der Waals surface area contributed by atoms with Crippen LogP contribution in [0, 0.1) is 5.82 Å². The van der Waals surface area contributed by atoms with Gasteiger partial charge in [-0.05, 0) is 30.3 Å². The van der Waals surface area contributed by atoms with Crippen LogP contribution in [0.25, 0.3) is 0 Å². The second-order valence-corrected chi connectivity index (χ2v) is 4.75. The van der Waals surface area contributed by atoms with Crippen molar-refractivity contribution in [3.8, 4) is 0 Å². The van der Waals surface area contributed by atoms with Gasteiger partial charge in [-0.15, -0.1) is 0 Å². The molecule has 5 nitrogen and oxygen atoms in total. The lowest BCUT2D eigenvalue weighted by atomic mass is 10.1. The van der Waals surface area contributed by atoms with E-state index in [1.165, 1.54) is 24.3 Å². The highest BCUT2D eigenvalue weighted by Gasteiger charge is 2.32. The molecule has 0 atom stereocenters. The molecule has 0 heterocycles. The van der Waals surface area contributed by atoms with Crippen molar-refractivity contribution in [3.05, 3.63) is 65.5 Å². The van der Waals surface area contributed by atoms with Gasteiger partial charge in [0.1, 0.15) is 5.82 Å². The molecule has 0 unspecified atom stereocenters. The molecule has 0 saturated carbocycles. The minimum Gasteiger partial charge on any atom is -0.318 e. The number of hydrogen-bond acceptors (Lipinski definition) is 3. The third kappa shape index (κ3) is 5.13. The quantitative estimate of drug-likeness (QED) is 0.386. The molecular weight excluding hydrogens is 342 g/mol. The molecule has 25 heavy (non-hydrogen) atoms. The fourth-order valence-electron chi connectivity index (χ4n) is 1.80. The van der Waals surface area contributed by atoms with Crippen LogP contribution in [0.2, 0.25) is 0 Å². The summed E-state index contributed by atoms with van der Waals surface area (Å²) in [6.45, 7) is 0. The van der Waals surface area contributed by atoms with E-state index >= 15 is 0 Å². The molecule has 2 rings (SSSR count). The van der Waals surface area contributed by atoms with E-state index in [1.807, 2.05) is 5.43 Å². The Morgan fingerprint density at radius 3 is 2.24 bits per heavy atom. The van der Waals surface area contributed by atoms with Gasteiger partial charge in [-0.25, -0.2) is 9.82 Å². The molecule has 0 fully saturated rings. The van der Waals surface area contributed by atoms with Crippen LogP contribution in [0.4, 0.5) is 23.2 Å². The molecule has 0 aromatic heterocycles. The fourth-order valence-corrected chi connectivity index (χ4v) is 1.80. The van der Waals surface area contributed by atoms with E-state index in [2.05, 4.69) is 10.4 Å². The van der Waals surface area contributed by atoms with Crippen molar-refractivity contribution < 1.29 is 27.2 Å². The number of hydrazone groups is 1. The van der Waals surface area contributed by atoms with E-state index in [0.717, 1.165) is 30.5 Å². The second-order valence-electron chi connectivity index (χ2n) is 4.75. The Labute approximate surface area is 139 Å². The van der Waals surface area contributed by atoms with Gasteiger partial charge in [-0.1, -0.05) is 18.2 Å². The Kier molecular flexibility index (Phi) is 5.48. The highest BCUT2D eigenvalue weighted by molar-refractivity contribution is 6.39. The van der Waals surface area contributed by atoms with E-state index < -0.39 is 29.4 Å². The molecule has 0 spiro atoms. The Morgan fingerprint density at radius 2 is 1.60 bits per heavy atom. The number of carbonyl (C=O) groups excluding carboxylic acids is 2. The van der Waals surface area contributed by atoms with Crippen LogP contribution in [-0.4, -0.2) is 18.0 Å². The summed E-state index contributed by atoms with van der Waals surface area (Å²) in [6, 6.07) is 9.27. The predicted molar refractivity (Wildman–Crippen MR) is 82.2 cm³/mol. The zero-order valence-corrected chi connectivity index (χ0v) is 12.5. The summed E-state index contributed by atoms with van der Waals surface area (Å²) in [7, 11) is 0. The van der Waals surface area contributed by atoms with Gasteiger partial charge >= 0.3 is 18.0 Å². The standard InChI is InChI=1S/C16H11F4N3O2/c17-11-5-7-12(8-6-11)22-14(24)15(25)23-21-9-10-3-1-2-4-13(10)16(18,19)20/h1-9H,(H,22,24)(H,23,25). The number of nitrogens with one attached hydrogen (secondary N) is 2. The molecule has 0 aliphatic carbocycles.